The fourth-order valence-corrected chi connectivity index (χ4v) is 2.11. The molecular weight excluding hydrogens is 290 g/mol. The molecule has 1 fully saturated rings. The van der Waals surface area contributed by atoms with Crippen LogP contribution in [-0.2, 0) is 4.79 Å². The number of hydrogen-bond donors (Lipinski definition) is 2. The molecule has 1 aliphatic rings. The Kier molecular flexibility index (Phi) is 4.85. The zero-order chi connectivity index (χ0) is 14.1. The molecule has 0 spiro atoms. The number of rotatable bonds is 5. The minimum absolute atomic E-state index is 0. The minimum atomic E-state index is -0.0245. The Labute approximate surface area is 129 Å². The second kappa shape index (κ2) is 6.45. The van der Waals surface area contributed by atoms with Crippen LogP contribution in [0.3, 0.4) is 0 Å². The lowest BCUT2D eigenvalue weighted by Crippen LogP contribution is -2.19. The molecule has 5 nitrogen and oxygen atoms in total. The van der Waals surface area contributed by atoms with Gasteiger partial charge < -0.3 is 15.5 Å². The van der Waals surface area contributed by atoms with E-state index in [1.807, 2.05) is 25.1 Å². The minimum Gasteiger partial charge on any atom is -0.440 e. The summed E-state index contributed by atoms with van der Waals surface area (Å²) in [5, 5.41) is 2.86. The number of carbonyl (C=O) groups is 1. The number of nitrogens with zero attached hydrogens (tertiary/aromatic N) is 1. The first kappa shape index (κ1) is 15.8. The summed E-state index contributed by atoms with van der Waals surface area (Å²) in [4.78, 5) is 16.2. The molecule has 1 saturated carbocycles. The number of aromatic nitrogens is 1. The van der Waals surface area contributed by atoms with Crippen molar-refractivity contribution >= 4 is 35.1 Å². The van der Waals surface area contributed by atoms with Gasteiger partial charge in [-0.2, -0.15) is 0 Å². The van der Waals surface area contributed by atoms with Crippen LogP contribution in [0.1, 0.15) is 44.4 Å². The van der Waals surface area contributed by atoms with Crippen LogP contribution in [0.2, 0.25) is 0 Å². The molecule has 0 aliphatic heterocycles. The highest BCUT2D eigenvalue weighted by Crippen LogP contribution is 2.40. The van der Waals surface area contributed by atoms with Gasteiger partial charge in [-0.15, -0.1) is 12.4 Å². The molecule has 2 aromatic rings. The van der Waals surface area contributed by atoms with Crippen LogP contribution in [0, 0.1) is 0 Å². The molecule has 3 N–H and O–H groups in total. The Morgan fingerprint density at radius 1 is 1.52 bits per heavy atom. The maximum absolute atomic E-state index is 11.8. The molecule has 0 bridgehead atoms. The highest BCUT2D eigenvalue weighted by Gasteiger charge is 2.28. The normalized spacial score (nSPS) is 15.5. The number of nitrogens with one attached hydrogen (secondary N) is 1. The summed E-state index contributed by atoms with van der Waals surface area (Å²) < 4.78 is 5.73. The van der Waals surface area contributed by atoms with Crippen LogP contribution < -0.4 is 11.1 Å². The van der Waals surface area contributed by atoms with Crippen LogP contribution in [-0.4, -0.2) is 16.9 Å². The van der Waals surface area contributed by atoms with Crippen LogP contribution in [0.5, 0.6) is 0 Å². The number of oxazole rings is 1. The lowest BCUT2D eigenvalue weighted by molar-refractivity contribution is -0.116. The van der Waals surface area contributed by atoms with E-state index in [-0.39, 0.29) is 24.4 Å². The summed E-state index contributed by atoms with van der Waals surface area (Å²) in [5.41, 5.74) is 7.96. The van der Waals surface area contributed by atoms with Crippen molar-refractivity contribution in [2.45, 2.75) is 44.6 Å². The molecular formula is C15H20ClN3O2. The fourth-order valence-electron chi connectivity index (χ4n) is 2.11. The van der Waals surface area contributed by atoms with E-state index >= 15 is 0 Å². The number of amides is 1. The van der Waals surface area contributed by atoms with Crippen molar-refractivity contribution in [2.24, 2.45) is 5.73 Å². The third-order valence-corrected chi connectivity index (χ3v) is 3.44. The molecule has 1 amide bonds. The molecule has 1 aliphatic carbocycles. The van der Waals surface area contributed by atoms with Crippen molar-refractivity contribution in [2.75, 3.05) is 5.32 Å². The largest absolute Gasteiger partial charge is 0.440 e. The number of carbonyl (C=O) groups excluding carboxylic acids is 1. The van der Waals surface area contributed by atoms with Crippen molar-refractivity contribution < 1.29 is 9.21 Å². The monoisotopic (exact) mass is 309 g/mol. The molecule has 3 rings (SSSR count). The highest BCUT2D eigenvalue weighted by atomic mass is 35.5. The van der Waals surface area contributed by atoms with Crippen molar-refractivity contribution in [1.29, 1.82) is 0 Å². The zero-order valence-corrected chi connectivity index (χ0v) is 12.8. The van der Waals surface area contributed by atoms with Gasteiger partial charge in [-0.1, -0.05) is 0 Å². The number of halogens is 1. The van der Waals surface area contributed by atoms with Gasteiger partial charge in [0.05, 0.1) is 0 Å². The Balaban J connectivity index is 0.00000161. The van der Waals surface area contributed by atoms with E-state index in [1.54, 1.807) is 0 Å². The Bertz CT molecular complexity index is 635. The summed E-state index contributed by atoms with van der Waals surface area (Å²) >= 11 is 0. The van der Waals surface area contributed by atoms with Gasteiger partial charge in [0.25, 0.3) is 0 Å². The van der Waals surface area contributed by atoms with Crippen LogP contribution in [0.25, 0.3) is 11.1 Å². The summed E-state index contributed by atoms with van der Waals surface area (Å²) in [6.45, 7) is 1.90. The molecule has 0 radical (unpaired) electrons. The SMILES string of the molecule is CC(N)CCC(=O)Nc1ccc2nc(C3CC3)oc2c1.Cl. The van der Waals surface area contributed by atoms with Gasteiger partial charge in [-0.05, 0) is 38.3 Å². The van der Waals surface area contributed by atoms with Crippen molar-refractivity contribution in [3.05, 3.63) is 24.1 Å². The molecule has 21 heavy (non-hydrogen) atoms. The second-order valence-corrected chi connectivity index (χ2v) is 5.57. The summed E-state index contributed by atoms with van der Waals surface area (Å²) in [7, 11) is 0. The quantitative estimate of drug-likeness (QED) is 0.888. The predicted octanol–water partition coefficient (Wildman–Crippen LogP) is 3.19. The summed E-state index contributed by atoms with van der Waals surface area (Å²) in [5.74, 6) is 1.29. The summed E-state index contributed by atoms with van der Waals surface area (Å²) in [6.07, 6.45) is 3.43. The molecule has 1 aromatic heterocycles. The van der Waals surface area contributed by atoms with Crippen LogP contribution in [0.4, 0.5) is 5.69 Å². The van der Waals surface area contributed by atoms with E-state index in [2.05, 4.69) is 10.3 Å². The van der Waals surface area contributed by atoms with E-state index in [9.17, 15) is 4.79 Å². The first-order valence-electron chi connectivity index (χ1n) is 7.08. The lowest BCUT2D eigenvalue weighted by atomic mass is 10.2. The van der Waals surface area contributed by atoms with Crippen molar-refractivity contribution in [3.8, 4) is 0 Å². The molecule has 1 aromatic carbocycles. The van der Waals surface area contributed by atoms with Crippen molar-refractivity contribution in [1.82, 2.24) is 4.98 Å². The smallest absolute Gasteiger partial charge is 0.224 e. The van der Waals surface area contributed by atoms with Crippen LogP contribution in [0.15, 0.2) is 22.6 Å². The van der Waals surface area contributed by atoms with Gasteiger partial charge in [-0.25, -0.2) is 4.98 Å². The van der Waals surface area contributed by atoms with E-state index in [1.165, 1.54) is 0 Å². The van der Waals surface area contributed by atoms with Gasteiger partial charge in [0.2, 0.25) is 5.91 Å². The van der Waals surface area contributed by atoms with Gasteiger partial charge in [0.1, 0.15) is 5.52 Å². The zero-order valence-electron chi connectivity index (χ0n) is 12.0. The van der Waals surface area contributed by atoms with E-state index in [4.69, 9.17) is 10.2 Å². The summed E-state index contributed by atoms with van der Waals surface area (Å²) in [6, 6.07) is 5.61. The van der Waals surface area contributed by atoms with Gasteiger partial charge >= 0.3 is 0 Å². The fraction of sp³-hybridized carbons (Fsp3) is 0.467. The lowest BCUT2D eigenvalue weighted by Gasteiger charge is -2.06. The molecule has 0 saturated heterocycles. The molecule has 114 valence electrons. The van der Waals surface area contributed by atoms with Crippen LogP contribution >= 0.6 is 12.4 Å². The number of benzene rings is 1. The number of nitrogens with two attached hydrogens (primary N) is 1. The Hall–Kier alpha value is -1.59. The van der Waals surface area contributed by atoms with Gasteiger partial charge in [0, 0.05) is 30.1 Å². The number of fused-ring (bicyclic) bond motifs is 1. The molecule has 6 heteroatoms. The Morgan fingerprint density at radius 2 is 2.29 bits per heavy atom. The molecule has 1 unspecified atom stereocenters. The first-order valence-corrected chi connectivity index (χ1v) is 7.08. The number of hydrogen-bond acceptors (Lipinski definition) is 4. The highest BCUT2D eigenvalue weighted by molar-refractivity contribution is 5.92. The average molecular weight is 310 g/mol. The standard InChI is InChI=1S/C15H19N3O2.ClH/c1-9(16)2-7-14(19)17-11-5-6-12-13(8-11)20-15(18-12)10-3-4-10;/h5-6,8-10H,2-4,7,16H2,1H3,(H,17,19);1H. The maximum atomic E-state index is 11.8. The van der Waals surface area contributed by atoms with E-state index < -0.39 is 0 Å². The molecule has 1 heterocycles. The van der Waals surface area contributed by atoms with E-state index in [0.717, 1.165) is 35.5 Å². The topological polar surface area (TPSA) is 81.2 Å². The first-order chi connectivity index (χ1) is 9.61. The van der Waals surface area contributed by atoms with Crippen molar-refractivity contribution in [3.63, 3.8) is 0 Å². The maximum Gasteiger partial charge on any atom is 0.224 e. The predicted molar refractivity (Wildman–Crippen MR) is 84.7 cm³/mol. The van der Waals surface area contributed by atoms with Gasteiger partial charge in [0.15, 0.2) is 11.5 Å². The number of anilines is 1. The second-order valence-electron chi connectivity index (χ2n) is 5.57. The molecule has 1 atom stereocenters. The third kappa shape index (κ3) is 3.95. The van der Waals surface area contributed by atoms with E-state index in [0.29, 0.717) is 18.8 Å². The van der Waals surface area contributed by atoms with Gasteiger partial charge in [-0.3, -0.25) is 4.79 Å². The average Bonchev–Trinajstić information content (AvgIpc) is 3.16. The third-order valence-electron chi connectivity index (χ3n) is 3.44. The Morgan fingerprint density at radius 3 is 2.95 bits per heavy atom.